The minimum Gasteiger partial charge on any atom is -0.200 e. The average molecular weight is 264 g/mol. The van der Waals surface area contributed by atoms with Crippen molar-refractivity contribution in [2.45, 2.75) is 44.7 Å². The lowest BCUT2D eigenvalue weighted by Crippen LogP contribution is -2.59. The third-order valence-electron chi connectivity index (χ3n) is 1.30. The Labute approximate surface area is 85.4 Å². The molecular formula is C7H9F9. The summed E-state index contributed by atoms with van der Waals surface area (Å²) in [5.74, 6) is -18.7. The highest BCUT2D eigenvalue weighted by molar-refractivity contribution is 4.98. The molecule has 100 valence electrons. The summed E-state index contributed by atoms with van der Waals surface area (Å²) in [5, 5.41) is 0. The van der Waals surface area contributed by atoms with Gasteiger partial charge in [-0.2, -0.15) is 39.5 Å². The zero-order chi connectivity index (χ0) is 14.0. The zero-order valence-corrected chi connectivity index (χ0v) is 8.40. The van der Waals surface area contributed by atoms with Gasteiger partial charge in [-0.3, -0.25) is 0 Å². The summed E-state index contributed by atoms with van der Waals surface area (Å²) in [7, 11) is 0. The van der Waals surface area contributed by atoms with E-state index < -0.39 is 30.9 Å². The Bertz CT molecular complexity index is 185. The SMILES string of the molecule is CC.CC(F)(F)C(F)(F)C(F)(F)C(F)(F)F. The zero-order valence-electron chi connectivity index (χ0n) is 8.40. The molecule has 0 bridgehead atoms. The number of hydrogen-bond acceptors (Lipinski definition) is 0. The Hall–Kier alpha value is -0.630. The third-order valence-corrected chi connectivity index (χ3v) is 1.30. The van der Waals surface area contributed by atoms with Gasteiger partial charge in [-0.25, -0.2) is 0 Å². The number of rotatable bonds is 2. The molecule has 0 saturated carbocycles. The maximum absolute atomic E-state index is 12.0. The molecule has 0 saturated heterocycles. The minimum absolute atomic E-state index is 0.716. The lowest BCUT2D eigenvalue weighted by atomic mass is 10.1. The highest BCUT2D eigenvalue weighted by Crippen LogP contribution is 2.52. The first-order chi connectivity index (χ1) is 6.75. The molecule has 16 heavy (non-hydrogen) atoms. The topological polar surface area (TPSA) is 0 Å². The third kappa shape index (κ3) is 2.94. The van der Waals surface area contributed by atoms with Crippen LogP contribution in [0.1, 0.15) is 20.8 Å². The summed E-state index contributed by atoms with van der Waals surface area (Å²) < 4.78 is 105. The maximum Gasteiger partial charge on any atom is 0.460 e. The monoisotopic (exact) mass is 264 g/mol. The summed E-state index contributed by atoms with van der Waals surface area (Å²) in [6.07, 6.45) is -6.73. The van der Waals surface area contributed by atoms with Gasteiger partial charge in [-0.05, 0) is 0 Å². The molecule has 0 amide bonds. The minimum atomic E-state index is -6.77. The molecule has 0 nitrogen and oxygen atoms in total. The molecule has 0 atom stereocenters. The first-order valence-electron chi connectivity index (χ1n) is 3.95. The average Bonchev–Trinajstić information content (AvgIpc) is 2.03. The second-order valence-corrected chi connectivity index (χ2v) is 2.53. The highest BCUT2D eigenvalue weighted by Gasteiger charge is 2.80. The first-order valence-corrected chi connectivity index (χ1v) is 3.95. The van der Waals surface area contributed by atoms with Crippen molar-refractivity contribution in [3.8, 4) is 0 Å². The number of hydrogen-bond donors (Lipinski definition) is 0. The number of alkyl halides is 9. The summed E-state index contributed by atoms with van der Waals surface area (Å²) in [5.41, 5.74) is 0. The van der Waals surface area contributed by atoms with Crippen LogP contribution in [0.15, 0.2) is 0 Å². The van der Waals surface area contributed by atoms with Crippen molar-refractivity contribution in [3.63, 3.8) is 0 Å². The van der Waals surface area contributed by atoms with E-state index in [4.69, 9.17) is 0 Å². The quantitative estimate of drug-likeness (QED) is 0.644. The van der Waals surface area contributed by atoms with E-state index in [9.17, 15) is 39.5 Å². The second kappa shape index (κ2) is 4.70. The molecule has 0 aromatic rings. The van der Waals surface area contributed by atoms with Gasteiger partial charge in [0.15, 0.2) is 0 Å². The van der Waals surface area contributed by atoms with E-state index in [1.54, 1.807) is 0 Å². The molecule has 0 radical (unpaired) electrons. The Kier molecular flexibility index (Phi) is 5.22. The Morgan fingerprint density at radius 1 is 0.562 bits per heavy atom. The lowest BCUT2D eigenvalue weighted by molar-refractivity contribution is -0.393. The van der Waals surface area contributed by atoms with Crippen LogP contribution in [0.25, 0.3) is 0 Å². The second-order valence-electron chi connectivity index (χ2n) is 2.53. The first kappa shape index (κ1) is 17.8. The molecule has 0 rings (SSSR count). The van der Waals surface area contributed by atoms with Crippen LogP contribution in [0.4, 0.5) is 39.5 Å². The molecule has 0 fully saturated rings. The van der Waals surface area contributed by atoms with Crippen molar-refractivity contribution in [2.75, 3.05) is 0 Å². The van der Waals surface area contributed by atoms with E-state index >= 15 is 0 Å². The van der Waals surface area contributed by atoms with Crippen molar-refractivity contribution in [3.05, 3.63) is 0 Å². The molecule has 0 aliphatic carbocycles. The van der Waals surface area contributed by atoms with Gasteiger partial charge in [0, 0.05) is 6.92 Å². The molecule has 9 heteroatoms. The summed E-state index contributed by atoms with van der Waals surface area (Å²) in [4.78, 5) is 0. The van der Waals surface area contributed by atoms with E-state index in [-0.39, 0.29) is 0 Å². The van der Waals surface area contributed by atoms with Crippen LogP contribution >= 0.6 is 0 Å². The molecule has 0 unspecified atom stereocenters. The maximum atomic E-state index is 12.0. The molecule has 0 heterocycles. The predicted molar refractivity (Wildman–Crippen MR) is 37.9 cm³/mol. The summed E-state index contributed by atoms with van der Waals surface area (Å²) in [6.45, 7) is 3.28. The van der Waals surface area contributed by atoms with Gasteiger partial charge in [-0.15, -0.1) is 0 Å². The van der Waals surface area contributed by atoms with Gasteiger partial charge in [0.2, 0.25) is 0 Å². The van der Waals surface area contributed by atoms with Gasteiger partial charge in [0.25, 0.3) is 0 Å². The van der Waals surface area contributed by atoms with Crippen LogP contribution in [0.3, 0.4) is 0 Å². The van der Waals surface area contributed by atoms with Crippen LogP contribution in [0.2, 0.25) is 0 Å². The number of halogens is 9. The smallest absolute Gasteiger partial charge is 0.200 e. The van der Waals surface area contributed by atoms with Crippen molar-refractivity contribution < 1.29 is 39.5 Å². The van der Waals surface area contributed by atoms with Crippen LogP contribution in [0, 0.1) is 0 Å². The fourth-order valence-corrected chi connectivity index (χ4v) is 0.454. The molecule has 0 aliphatic rings. The summed E-state index contributed by atoms with van der Waals surface area (Å²) >= 11 is 0. The fourth-order valence-electron chi connectivity index (χ4n) is 0.454. The van der Waals surface area contributed by atoms with Crippen LogP contribution in [0.5, 0.6) is 0 Å². The Morgan fingerprint density at radius 2 is 0.812 bits per heavy atom. The van der Waals surface area contributed by atoms with Crippen molar-refractivity contribution in [2.24, 2.45) is 0 Å². The highest BCUT2D eigenvalue weighted by atomic mass is 19.4. The van der Waals surface area contributed by atoms with Gasteiger partial charge >= 0.3 is 23.9 Å². The van der Waals surface area contributed by atoms with Gasteiger partial charge in [0.05, 0.1) is 0 Å². The largest absolute Gasteiger partial charge is 0.460 e. The molecule has 0 aromatic carbocycles. The summed E-state index contributed by atoms with van der Waals surface area (Å²) in [6, 6.07) is 0. The van der Waals surface area contributed by atoms with Crippen molar-refractivity contribution in [1.29, 1.82) is 0 Å². The van der Waals surface area contributed by atoms with E-state index in [1.165, 1.54) is 0 Å². The van der Waals surface area contributed by atoms with E-state index in [2.05, 4.69) is 0 Å². The molecule has 0 spiro atoms. The molecular weight excluding hydrogens is 255 g/mol. The normalized spacial score (nSPS) is 14.2. The Balaban J connectivity index is 0. The van der Waals surface area contributed by atoms with Gasteiger partial charge in [-0.1, -0.05) is 13.8 Å². The molecule has 0 aromatic heterocycles. The lowest BCUT2D eigenvalue weighted by Gasteiger charge is -2.31. The van der Waals surface area contributed by atoms with E-state index in [0.717, 1.165) is 0 Å². The fraction of sp³-hybridized carbons (Fsp3) is 1.00. The van der Waals surface area contributed by atoms with E-state index in [0.29, 0.717) is 0 Å². The van der Waals surface area contributed by atoms with Crippen LogP contribution < -0.4 is 0 Å². The molecule has 0 aliphatic heterocycles. The van der Waals surface area contributed by atoms with Crippen LogP contribution in [-0.4, -0.2) is 23.9 Å². The van der Waals surface area contributed by atoms with Gasteiger partial charge in [0.1, 0.15) is 0 Å². The standard InChI is InChI=1S/C5H3F9.C2H6/c1-2(6,7)3(8,9)4(10,11)5(12,13)14;1-2/h1H3;1-2H3. The predicted octanol–water partition coefficient (Wildman–Crippen LogP) is 4.50. The van der Waals surface area contributed by atoms with Crippen LogP contribution in [-0.2, 0) is 0 Å². The molecule has 0 N–H and O–H groups in total. The Morgan fingerprint density at radius 3 is 0.875 bits per heavy atom. The van der Waals surface area contributed by atoms with E-state index in [1.807, 2.05) is 13.8 Å². The van der Waals surface area contributed by atoms with Crippen molar-refractivity contribution >= 4 is 0 Å². The van der Waals surface area contributed by atoms with Crippen molar-refractivity contribution in [1.82, 2.24) is 0 Å². The van der Waals surface area contributed by atoms with Gasteiger partial charge < -0.3 is 0 Å².